The Morgan fingerprint density at radius 1 is 0.933 bits per heavy atom. The first-order chi connectivity index (χ1) is 14.4. The number of amides is 3. The Labute approximate surface area is 182 Å². The zero-order valence-corrected chi connectivity index (χ0v) is 17.8. The van der Waals surface area contributed by atoms with Crippen molar-refractivity contribution in [2.75, 3.05) is 6.54 Å². The standard InChI is InChI=1S/C24H19BrN2O3/c1-24(19-8-5-9-20(25)14-19)22(29)27(23(30)26-24)15-21(28)18-12-10-17(11-13-18)16-6-3-2-4-7-16/h2-14H,15H2,1H3,(H,26,30). The summed E-state index contributed by atoms with van der Waals surface area (Å²) >= 11 is 3.39. The molecule has 6 heteroatoms. The summed E-state index contributed by atoms with van der Waals surface area (Å²) in [5.41, 5.74) is 1.93. The van der Waals surface area contributed by atoms with Crippen LogP contribution in [0.3, 0.4) is 0 Å². The number of hydrogen-bond donors (Lipinski definition) is 1. The second-order valence-corrected chi connectivity index (χ2v) is 8.24. The third-order valence-electron chi connectivity index (χ3n) is 5.29. The summed E-state index contributed by atoms with van der Waals surface area (Å²) < 4.78 is 0.802. The molecule has 3 aromatic carbocycles. The third kappa shape index (κ3) is 3.66. The molecule has 5 nitrogen and oxygen atoms in total. The molecule has 1 heterocycles. The highest BCUT2D eigenvalue weighted by molar-refractivity contribution is 9.10. The molecule has 0 saturated carbocycles. The van der Waals surface area contributed by atoms with Gasteiger partial charge in [0.05, 0.1) is 6.54 Å². The van der Waals surface area contributed by atoms with Crippen LogP contribution in [0, 0.1) is 0 Å². The van der Waals surface area contributed by atoms with Gasteiger partial charge in [-0.1, -0.05) is 82.7 Å². The van der Waals surface area contributed by atoms with Gasteiger partial charge in [-0.05, 0) is 35.7 Å². The van der Waals surface area contributed by atoms with E-state index in [1.807, 2.05) is 48.5 Å². The van der Waals surface area contributed by atoms with E-state index in [2.05, 4.69) is 21.2 Å². The van der Waals surface area contributed by atoms with Crippen molar-refractivity contribution in [3.05, 3.63) is 94.5 Å². The molecule has 1 N–H and O–H groups in total. The van der Waals surface area contributed by atoms with Crippen molar-refractivity contribution < 1.29 is 14.4 Å². The van der Waals surface area contributed by atoms with Gasteiger partial charge in [0.15, 0.2) is 5.78 Å². The minimum Gasteiger partial charge on any atom is -0.319 e. The van der Waals surface area contributed by atoms with E-state index < -0.39 is 17.5 Å². The van der Waals surface area contributed by atoms with Gasteiger partial charge in [-0.2, -0.15) is 0 Å². The van der Waals surface area contributed by atoms with Gasteiger partial charge in [0.25, 0.3) is 5.91 Å². The van der Waals surface area contributed by atoms with E-state index >= 15 is 0 Å². The fourth-order valence-electron chi connectivity index (χ4n) is 3.55. The maximum atomic E-state index is 13.0. The molecule has 1 saturated heterocycles. The number of Topliss-reactive ketones (excluding diaryl/α,β-unsaturated/α-hetero) is 1. The topological polar surface area (TPSA) is 66.5 Å². The van der Waals surface area contributed by atoms with Crippen LogP contribution in [0.4, 0.5) is 4.79 Å². The number of rotatable bonds is 5. The van der Waals surface area contributed by atoms with Gasteiger partial charge >= 0.3 is 6.03 Å². The number of carbonyl (C=O) groups is 3. The van der Waals surface area contributed by atoms with Gasteiger partial charge in [-0.15, -0.1) is 0 Å². The average Bonchev–Trinajstić information content (AvgIpc) is 2.98. The predicted molar refractivity (Wildman–Crippen MR) is 118 cm³/mol. The van der Waals surface area contributed by atoms with Gasteiger partial charge in [0.2, 0.25) is 0 Å². The van der Waals surface area contributed by atoms with E-state index in [1.54, 1.807) is 37.3 Å². The number of nitrogens with zero attached hydrogens (tertiary/aromatic N) is 1. The molecule has 0 aromatic heterocycles. The molecule has 0 aliphatic carbocycles. The van der Waals surface area contributed by atoms with Crippen LogP contribution in [-0.2, 0) is 10.3 Å². The highest BCUT2D eigenvalue weighted by Crippen LogP contribution is 2.30. The van der Waals surface area contributed by atoms with E-state index in [9.17, 15) is 14.4 Å². The molecule has 1 fully saturated rings. The van der Waals surface area contributed by atoms with Crippen LogP contribution in [0.1, 0.15) is 22.8 Å². The second-order valence-electron chi connectivity index (χ2n) is 7.32. The van der Waals surface area contributed by atoms with Crippen LogP contribution < -0.4 is 5.32 Å². The molecule has 3 aromatic rings. The zero-order chi connectivity index (χ0) is 21.3. The number of halogens is 1. The molecule has 0 radical (unpaired) electrons. The molecular weight excluding hydrogens is 444 g/mol. The third-order valence-corrected chi connectivity index (χ3v) is 5.79. The van der Waals surface area contributed by atoms with Crippen molar-refractivity contribution >= 4 is 33.7 Å². The summed E-state index contributed by atoms with van der Waals surface area (Å²) in [6.07, 6.45) is 0. The van der Waals surface area contributed by atoms with Crippen LogP contribution >= 0.6 is 15.9 Å². The average molecular weight is 463 g/mol. The Kier molecular flexibility index (Phi) is 5.26. The predicted octanol–water partition coefficient (Wildman–Crippen LogP) is 4.77. The molecule has 4 rings (SSSR count). The van der Waals surface area contributed by atoms with Crippen LogP contribution in [0.5, 0.6) is 0 Å². The first-order valence-electron chi connectivity index (χ1n) is 9.47. The second kappa shape index (κ2) is 7.88. The molecule has 0 bridgehead atoms. The molecule has 1 atom stereocenters. The Morgan fingerprint density at radius 2 is 1.60 bits per heavy atom. The zero-order valence-electron chi connectivity index (χ0n) is 16.3. The van der Waals surface area contributed by atoms with E-state index in [1.165, 1.54) is 0 Å². The molecule has 1 unspecified atom stereocenters. The van der Waals surface area contributed by atoms with Crippen molar-refractivity contribution in [3.8, 4) is 11.1 Å². The number of ketones is 1. The minimum atomic E-state index is -1.21. The lowest BCUT2D eigenvalue weighted by Crippen LogP contribution is -2.41. The first-order valence-corrected chi connectivity index (χ1v) is 10.3. The number of imide groups is 1. The lowest BCUT2D eigenvalue weighted by molar-refractivity contribution is -0.130. The monoisotopic (exact) mass is 462 g/mol. The Bertz CT molecular complexity index is 1130. The molecule has 150 valence electrons. The lowest BCUT2D eigenvalue weighted by Gasteiger charge is -2.22. The number of urea groups is 1. The van der Waals surface area contributed by atoms with Crippen molar-refractivity contribution in [2.45, 2.75) is 12.5 Å². The largest absolute Gasteiger partial charge is 0.325 e. The highest BCUT2D eigenvalue weighted by atomic mass is 79.9. The fourth-order valence-corrected chi connectivity index (χ4v) is 3.95. The first kappa shape index (κ1) is 20.0. The van der Waals surface area contributed by atoms with Crippen LogP contribution in [0.25, 0.3) is 11.1 Å². The minimum absolute atomic E-state index is 0.295. The number of nitrogens with one attached hydrogen (secondary N) is 1. The summed E-state index contributed by atoms with van der Waals surface area (Å²) in [6, 6.07) is 23.6. The molecule has 1 aliphatic heterocycles. The van der Waals surface area contributed by atoms with Gasteiger partial charge in [0.1, 0.15) is 5.54 Å². The Balaban J connectivity index is 1.52. The molecule has 0 spiro atoms. The van der Waals surface area contributed by atoms with Crippen molar-refractivity contribution in [2.24, 2.45) is 0 Å². The molecular formula is C24H19BrN2O3. The van der Waals surface area contributed by atoms with Crippen molar-refractivity contribution in [1.29, 1.82) is 0 Å². The summed E-state index contributed by atoms with van der Waals surface area (Å²) in [6.45, 7) is 1.34. The molecule has 3 amide bonds. The summed E-state index contributed by atoms with van der Waals surface area (Å²) in [5, 5.41) is 2.73. The Hall–Kier alpha value is -3.25. The quantitative estimate of drug-likeness (QED) is 0.438. The van der Waals surface area contributed by atoms with E-state index in [0.29, 0.717) is 11.1 Å². The van der Waals surface area contributed by atoms with E-state index in [4.69, 9.17) is 0 Å². The normalized spacial score (nSPS) is 18.4. The van der Waals surface area contributed by atoms with Crippen LogP contribution in [-0.4, -0.2) is 29.2 Å². The summed E-state index contributed by atoms with van der Waals surface area (Å²) in [5.74, 6) is -0.739. The maximum Gasteiger partial charge on any atom is 0.325 e. The maximum absolute atomic E-state index is 13.0. The molecule has 1 aliphatic rings. The van der Waals surface area contributed by atoms with Crippen molar-refractivity contribution in [1.82, 2.24) is 10.2 Å². The Morgan fingerprint density at radius 3 is 2.27 bits per heavy atom. The smallest absolute Gasteiger partial charge is 0.319 e. The van der Waals surface area contributed by atoms with Crippen molar-refractivity contribution in [3.63, 3.8) is 0 Å². The fraction of sp³-hybridized carbons (Fsp3) is 0.125. The van der Waals surface area contributed by atoms with Gasteiger partial charge < -0.3 is 5.32 Å². The summed E-state index contributed by atoms with van der Waals surface area (Å²) in [7, 11) is 0. The molecule has 30 heavy (non-hydrogen) atoms. The number of benzene rings is 3. The van der Waals surface area contributed by atoms with Gasteiger partial charge in [-0.25, -0.2) is 4.79 Å². The van der Waals surface area contributed by atoms with E-state index in [-0.39, 0.29) is 12.3 Å². The number of carbonyl (C=O) groups excluding carboxylic acids is 3. The van der Waals surface area contributed by atoms with Crippen LogP contribution in [0.2, 0.25) is 0 Å². The van der Waals surface area contributed by atoms with Gasteiger partial charge in [-0.3, -0.25) is 14.5 Å². The SMILES string of the molecule is CC1(c2cccc(Br)c2)NC(=O)N(CC(=O)c2ccc(-c3ccccc3)cc2)C1=O. The highest BCUT2D eigenvalue weighted by Gasteiger charge is 2.49. The van der Waals surface area contributed by atoms with Crippen LogP contribution in [0.15, 0.2) is 83.3 Å². The lowest BCUT2D eigenvalue weighted by atomic mass is 9.92. The summed E-state index contributed by atoms with van der Waals surface area (Å²) in [4.78, 5) is 39.3. The van der Waals surface area contributed by atoms with Gasteiger partial charge in [0, 0.05) is 10.0 Å². The van der Waals surface area contributed by atoms with E-state index in [0.717, 1.165) is 20.5 Å². The number of hydrogen-bond acceptors (Lipinski definition) is 3.